The minimum Gasteiger partial charge on any atom is -0.396 e. The lowest BCUT2D eigenvalue weighted by molar-refractivity contribution is -0.122. The molecule has 82 valence electrons. The van der Waals surface area contributed by atoms with Crippen LogP contribution in [0.15, 0.2) is 25.0 Å². The summed E-state index contributed by atoms with van der Waals surface area (Å²) in [6, 6.07) is 0.0999. The van der Waals surface area contributed by atoms with Gasteiger partial charge in [-0.25, -0.2) is 0 Å². The zero-order valence-electron chi connectivity index (χ0n) is 8.81. The molecule has 0 spiro atoms. The molecule has 0 aliphatic heterocycles. The molecule has 5 nitrogen and oxygen atoms in total. The Bertz CT molecular complexity index is 345. The lowest BCUT2D eigenvalue weighted by Gasteiger charge is -2.11. The predicted molar refractivity (Wildman–Crippen MR) is 59.1 cm³/mol. The summed E-state index contributed by atoms with van der Waals surface area (Å²) in [5.41, 5.74) is 6.03. The van der Waals surface area contributed by atoms with E-state index >= 15 is 0 Å². The number of carbonyl (C=O) groups is 1. The maximum Gasteiger partial charge on any atom is 0.241 e. The summed E-state index contributed by atoms with van der Waals surface area (Å²) in [6.45, 7) is 5.73. The van der Waals surface area contributed by atoms with Gasteiger partial charge >= 0.3 is 0 Å². The molecule has 3 N–H and O–H groups in total. The number of nitrogens with zero attached hydrogens (tertiary/aromatic N) is 2. The highest BCUT2D eigenvalue weighted by molar-refractivity contribution is 5.76. The Labute approximate surface area is 89.0 Å². The Kier molecular flexibility index (Phi) is 3.91. The van der Waals surface area contributed by atoms with Gasteiger partial charge in [-0.05, 0) is 13.3 Å². The van der Waals surface area contributed by atoms with E-state index in [0.29, 0.717) is 5.69 Å². The number of nitrogen functional groups attached to an aromatic ring is 1. The van der Waals surface area contributed by atoms with Crippen LogP contribution in [0.3, 0.4) is 0 Å². The van der Waals surface area contributed by atoms with Gasteiger partial charge in [-0.3, -0.25) is 9.48 Å². The molecule has 1 rings (SSSR count). The van der Waals surface area contributed by atoms with E-state index in [2.05, 4.69) is 17.0 Å². The lowest BCUT2D eigenvalue weighted by Crippen LogP contribution is -2.34. The minimum absolute atomic E-state index is 0.0764. The van der Waals surface area contributed by atoms with Gasteiger partial charge in [0.15, 0.2) is 0 Å². The number of amides is 1. The lowest BCUT2D eigenvalue weighted by atomic mass is 10.2. The Balaban J connectivity index is 2.39. The normalized spacial score (nSPS) is 12.1. The highest BCUT2D eigenvalue weighted by Crippen LogP contribution is 1.97. The van der Waals surface area contributed by atoms with E-state index in [0.717, 1.165) is 6.42 Å². The van der Waals surface area contributed by atoms with Crippen LogP contribution in [-0.2, 0) is 11.3 Å². The molecule has 0 aromatic carbocycles. The van der Waals surface area contributed by atoms with Crippen molar-refractivity contribution < 1.29 is 4.79 Å². The minimum atomic E-state index is -0.0764. The highest BCUT2D eigenvalue weighted by Gasteiger charge is 2.06. The first-order chi connectivity index (χ1) is 7.11. The van der Waals surface area contributed by atoms with Crippen molar-refractivity contribution in [1.29, 1.82) is 0 Å². The number of carbonyl (C=O) groups excluding carboxylic acids is 1. The van der Waals surface area contributed by atoms with E-state index in [1.807, 2.05) is 6.92 Å². The summed E-state index contributed by atoms with van der Waals surface area (Å²) in [7, 11) is 0. The maximum absolute atomic E-state index is 11.5. The molecule has 15 heavy (non-hydrogen) atoms. The Hall–Kier alpha value is -1.78. The van der Waals surface area contributed by atoms with Crippen LogP contribution in [0.4, 0.5) is 5.69 Å². The van der Waals surface area contributed by atoms with Crippen LogP contribution in [0, 0.1) is 0 Å². The second kappa shape index (κ2) is 5.19. The molecule has 0 fully saturated rings. The molecule has 0 aliphatic carbocycles. The quantitative estimate of drug-likeness (QED) is 0.694. The van der Waals surface area contributed by atoms with Crippen LogP contribution in [0.2, 0.25) is 0 Å². The summed E-state index contributed by atoms with van der Waals surface area (Å²) in [5, 5.41) is 6.75. The Morgan fingerprint density at radius 3 is 3.13 bits per heavy atom. The van der Waals surface area contributed by atoms with Crippen molar-refractivity contribution in [1.82, 2.24) is 15.1 Å². The average molecular weight is 208 g/mol. The second-order valence-electron chi connectivity index (χ2n) is 3.46. The van der Waals surface area contributed by atoms with Gasteiger partial charge in [0.25, 0.3) is 0 Å². The fourth-order valence-electron chi connectivity index (χ4n) is 1.24. The number of nitrogens with two attached hydrogens (primary N) is 1. The third-order valence-electron chi connectivity index (χ3n) is 1.89. The maximum atomic E-state index is 11.5. The summed E-state index contributed by atoms with van der Waals surface area (Å²) < 4.78 is 1.51. The van der Waals surface area contributed by atoms with Crippen LogP contribution >= 0.6 is 0 Å². The van der Waals surface area contributed by atoms with Crippen molar-refractivity contribution in [2.75, 3.05) is 5.73 Å². The molecule has 0 radical (unpaired) electrons. The molecule has 1 heterocycles. The number of hydrogen-bond acceptors (Lipinski definition) is 3. The number of anilines is 1. The average Bonchev–Trinajstić information content (AvgIpc) is 2.51. The van der Waals surface area contributed by atoms with Gasteiger partial charge < -0.3 is 11.1 Å². The van der Waals surface area contributed by atoms with Gasteiger partial charge in [0.1, 0.15) is 6.54 Å². The molecule has 0 bridgehead atoms. The van der Waals surface area contributed by atoms with E-state index in [1.165, 1.54) is 10.9 Å². The van der Waals surface area contributed by atoms with E-state index in [4.69, 9.17) is 5.73 Å². The molecule has 0 aliphatic rings. The molecule has 1 aromatic rings. The van der Waals surface area contributed by atoms with Crippen LogP contribution in [-0.4, -0.2) is 21.7 Å². The molecule has 1 unspecified atom stereocenters. The zero-order chi connectivity index (χ0) is 11.3. The van der Waals surface area contributed by atoms with E-state index in [1.54, 1.807) is 12.3 Å². The standard InChI is InChI=1S/C10H16N4O/c1-3-4-8(2)13-10(15)7-14-6-9(11)5-12-14/h3,5-6,8H,1,4,7,11H2,2H3,(H,13,15). The summed E-state index contributed by atoms with van der Waals surface area (Å²) in [4.78, 5) is 11.5. The SMILES string of the molecule is C=CCC(C)NC(=O)Cn1cc(N)cn1. The van der Waals surface area contributed by atoms with Gasteiger partial charge in [-0.1, -0.05) is 6.08 Å². The van der Waals surface area contributed by atoms with Gasteiger partial charge in [0.2, 0.25) is 5.91 Å². The highest BCUT2D eigenvalue weighted by atomic mass is 16.2. The number of rotatable bonds is 5. The van der Waals surface area contributed by atoms with Crippen molar-refractivity contribution in [2.45, 2.75) is 25.9 Å². The Morgan fingerprint density at radius 1 is 1.87 bits per heavy atom. The van der Waals surface area contributed by atoms with Gasteiger partial charge in [0.05, 0.1) is 11.9 Å². The predicted octanol–water partition coefficient (Wildman–Crippen LogP) is 0.546. The molecular formula is C10H16N4O. The summed E-state index contributed by atoms with van der Waals surface area (Å²) in [6.07, 6.45) is 5.67. The van der Waals surface area contributed by atoms with Crippen molar-refractivity contribution in [3.63, 3.8) is 0 Å². The van der Waals surface area contributed by atoms with Gasteiger partial charge in [0, 0.05) is 12.2 Å². The molecule has 0 saturated heterocycles. The van der Waals surface area contributed by atoms with Crippen molar-refractivity contribution in [2.24, 2.45) is 0 Å². The molecule has 5 heteroatoms. The van der Waals surface area contributed by atoms with Crippen LogP contribution in [0.25, 0.3) is 0 Å². The topological polar surface area (TPSA) is 72.9 Å². The van der Waals surface area contributed by atoms with Crippen molar-refractivity contribution in [3.05, 3.63) is 25.0 Å². The third-order valence-corrected chi connectivity index (χ3v) is 1.89. The smallest absolute Gasteiger partial charge is 0.241 e. The van der Waals surface area contributed by atoms with Crippen LogP contribution in [0.5, 0.6) is 0 Å². The first kappa shape index (κ1) is 11.3. The summed E-state index contributed by atoms with van der Waals surface area (Å²) >= 11 is 0. The van der Waals surface area contributed by atoms with Crippen molar-refractivity contribution >= 4 is 11.6 Å². The van der Waals surface area contributed by atoms with Crippen LogP contribution in [0.1, 0.15) is 13.3 Å². The van der Waals surface area contributed by atoms with Gasteiger partial charge in [-0.15, -0.1) is 6.58 Å². The fourth-order valence-corrected chi connectivity index (χ4v) is 1.24. The van der Waals surface area contributed by atoms with Crippen LogP contribution < -0.4 is 11.1 Å². The number of aromatic nitrogens is 2. The van der Waals surface area contributed by atoms with E-state index in [-0.39, 0.29) is 18.5 Å². The van der Waals surface area contributed by atoms with Crippen molar-refractivity contribution in [3.8, 4) is 0 Å². The molecule has 1 amide bonds. The van der Waals surface area contributed by atoms with E-state index < -0.39 is 0 Å². The molecule has 1 aromatic heterocycles. The monoisotopic (exact) mass is 208 g/mol. The second-order valence-corrected chi connectivity index (χ2v) is 3.46. The molecule has 0 saturated carbocycles. The molecule has 1 atom stereocenters. The third kappa shape index (κ3) is 3.84. The largest absolute Gasteiger partial charge is 0.396 e. The fraction of sp³-hybridized carbons (Fsp3) is 0.400. The van der Waals surface area contributed by atoms with Gasteiger partial charge in [-0.2, -0.15) is 5.10 Å². The Morgan fingerprint density at radius 2 is 2.60 bits per heavy atom. The first-order valence-corrected chi connectivity index (χ1v) is 4.80. The van der Waals surface area contributed by atoms with E-state index in [9.17, 15) is 4.79 Å². The summed E-state index contributed by atoms with van der Waals surface area (Å²) in [5.74, 6) is -0.0764. The number of hydrogen-bond donors (Lipinski definition) is 2. The first-order valence-electron chi connectivity index (χ1n) is 4.80. The molecular weight excluding hydrogens is 192 g/mol. The zero-order valence-corrected chi connectivity index (χ0v) is 8.81. The number of nitrogens with one attached hydrogen (secondary N) is 1.